The first-order valence-corrected chi connectivity index (χ1v) is 4.97. The molecule has 1 saturated carbocycles. The monoisotopic (exact) mass is 190 g/mol. The van der Waals surface area contributed by atoms with Crippen molar-refractivity contribution in [2.45, 2.75) is 13.0 Å². The molecule has 2 rings (SSSR count). The van der Waals surface area contributed by atoms with E-state index in [0.717, 1.165) is 19.3 Å². The maximum atomic E-state index is 10.4. The summed E-state index contributed by atoms with van der Waals surface area (Å²) in [5, 5.41) is 0. The van der Waals surface area contributed by atoms with E-state index in [1.807, 2.05) is 30.3 Å². The zero-order valence-corrected chi connectivity index (χ0v) is 8.06. The van der Waals surface area contributed by atoms with Crippen molar-refractivity contribution in [1.82, 2.24) is 0 Å². The molecule has 0 aliphatic heterocycles. The predicted octanol–water partition coefficient (Wildman–Crippen LogP) is 2.04. The van der Waals surface area contributed by atoms with Crippen LogP contribution in [0.15, 0.2) is 30.3 Å². The third-order valence-electron chi connectivity index (χ3n) is 2.60. The minimum absolute atomic E-state index is 0.269. The second-order valence-electron chi connectivity index (χ2n) is 3.80. The molecule has 0 saturated heterocycles. The van der Waals surface area contributed by atoms with E-state index < -0.39 is 0 Å². The van der Waals surface area contributed by atoms with Crippen molar-refractivity contribution in [1.29, 1.82) is 0 Å². The van der Waals surface area contributed by atoms with Crippen LogP contribution >= 0.6 is 0 Å². The zero-order valence-electron chi connectivity index (χ0n) is 8.06. The van der Waals surface area contributed by atoms with E-state index in [2.05, 4.69) is 0 Å². The molecule has 1 fully saturated rings. The van der Waals surface area contributed by atoms with Crippen LogP contribution in [0.1, 0.15) is 12.0 Å². The van der Waals surface area contributed by atoms with Crippen LogP contribution in [0.5, 0.6) is 0 Å². The van der Waals surface area contributed by atoms with Gasteiger partial charge in [0.15, 0.2) is 0 Å². The maximum absolute atomic E-state index is 10.4. The van der Waals surface area contributed by atoms with Gasteiger partial charge in [-0.2, -0.15) is 0 Å². The summed E-state index contributed by atoms with van der Waals surface area (Å²) in [6, 6.07) is 10.1. The van der Waals surface area contributed by atoms with Gasteiger partial charge in [0.1, 0.15) is 6.29 Å². The van der Waals surface area contributed by atoms with E-state index >= 15 is 0 Å². The molecule has 2 heteroatoms. The lowest BCUT2D eigenvalue weighted by Crippen LogP contribution is -1.98. The van der Waals surface area contributed by atoms with Gasteiger partial charge >= 0.3 is 0 Å². The summed E-state index contributed by atoms with van der Waals surface area (Å²) in [5.41, 5.74) is 1.19. The highest BCUT2D eigenvalue weighted by Crippen LogP contribution is 2.36. The molecule has 1 aliphatic rings. The summed E-state index contributed by atoms with van der Waals surface area (Å²) >= 11 is 0. The molecule has 0 spiro atoms. The van der Waals surface area contributed by atoms with Gasteiger partial charge in [0.05, 0.1) is 13.2 Å². The Morgan fingerprint density at radius 2 is 2.14 bits per heavy atom. The summed E-state index contributed by atoms with van der Waals surface area (Å²) < 4.78 is 5.52. The Morgan fingerprint density at radius 1 is 1.36 bits per heavy atom. The lowest BCUT2D eigenvalue weighted by atomic mass is 10.2. The molecule has 0 aromatic heterocycles. The van der Waals surface area contributed by atoms with Gasteiger partial charge in [0.25, 0.3) is 0 Å². The minimum atomic E-state index is 0.269. The predicted molar refractivity (Wildman–Crippen MR) is 53.8 cm³/mol. The van der Waals surface area contributed by atoms with Crippen LogP contribution in [0, 0.1) is 11.8 Å². The summed E-state index contributed by atoms with van der Waals surface area (Å²) in [7, 11) is 0. The summed E-state index contributed by atoms with van der Waals surface area (Å²) in [4.78, 5) is 10.4. The molecule has 0 amide bonds. The van der Waals surface area contributed by atoms with E-state index in [9.17, 15) is 4.79 Å². The standard InChI is InChI=1S/C12H14O2/c13-7-11-6-12(11)9-14-8-10-4-2-1-3-5-10/h1-5,7,11-12H,6,8-9H2/t11-,12-/m1/s1. The maximum Gasteiger partial charge on any atom is 0.123 e. The van der Waals surface area contributed by atoms with Crippen LogP contribution in [0.3, 0.4) is 0 Å². The highest BCUT2D eigenvalue weighted by molar-refractivity contribution is 5.58. The van der Waals surface area contributed by atoms with Gasteiger partial charge in [-0.1, -0.05) is 30.3 Å². The molecule has 1 aliphatic carbocycles. The molecule has 1 aromatic carbocycles. The van der Waals surface area contributed by atoms with Crippen LogP contribution in [0.25, 0.3) is 0 Å². The number of hydrogen-bond acceptors (Lipinski definition) is 2. The molecule has 2 nitrogen and oxygen atoms in total. The normalized spacial score (nSPS) is 24.6. The average Bonchev–Trinajstić information content (AvgIpc) is 2.98. The summed E-state index contributed by atoms with van der Waals surface area (Å²) in [6.07, 6.45) is 2.05. The molecule has 1 aromatic rings. The first-order chi connectivity index (χ1) is 6.90. The van der Waals surface area contributed by atoms with Gasteiger partial charge in [-0.3, -0.25) is 0 Å². The number of benzene rings is 1. The summed E-state index contributed by atoms with van der Waals surface area (Å²) in [6.45, 7) is 1.38. The number of ether oxygens (including phenoxy) is 1. The van der Waals surface area contributed by atoms with Gasteiger partial charge in [-0.05, 0) is 17.9 Å². The minimum Gasteiger partial charge on any atom is -0.376 e. The highest BCUT2D eigenvalue weighted by Gasteiger charge is 2.36. The van der Waals surface area contributed by atoms with Crippen molar-refractivity contribution in [3.8, 4) is 0 Å². The Bertz CT molecular complexity index is 294. The van der Waals surface area contributed by atoms with Crippen LogP contribution in [-0.2, 0) is 16.1 Å². The smallest absolute Gasteiger partial charge is 0.123 e. The Labute approximate surface area is 83.9 Å². The number of hydrogen-bond donors (Lipinski definition) is 0. The van der Waals surface area contributed by atoms with Crippen LogP contribution < -0.4 is 0 Å². The Balaban J connectivity index is 1.67. The quantitative estimate of drug-likeness (QED) is 0.664. The third kappa shape index (κ3) is 2.42. The number of carbonyl (C=O) groups is 1. The van der Waals surface area contributed by atoms with Crippen LogP contribution in [0.2, 0.25) is 0 Å². The Morgan fingerprint density at radius 3 is 2.79 bits per heavy atom. The second-order valence-corrected chi connectivity index (χ2v) is 3.80. The largest absolute Gasteiger partial charge is 0.376 e. The molecule has 0 bridgehead atoms. The molecule has 0 radical (unpaired) electrons. The van der Waals surface area contributed by atoms with Crippen molar-refractivity contribution in [2.75, 3.05) is 6.61 Å². The molecular weight excluding hydrogens is 176 g/mol. The first-order valence-electron chi connectivity index (χ1n) is 4.97. The molecule has 0 N–H and O–H groups in total. The van der Waals surface area contributed by atoms with Gasteiger partial charge in [0, 0.05) is 5.92 Å². The number of aldehydes is 1. The third-order valence-corrected chi connectivity index (χ3v) is 2.60. The van der Waals surface area contributed by atoms with E-state index in [0.29, 0.717) is 12.5 Å². The Hall–Kier alpha value is -1.15. The SMILES string of the molecule is O=C[C@H]1C[C@@H]1COCc1ccccc1. The van der Waals surface area contributed by atoms with Gasteiger partial charge in [0.2, 0.25) is 0 Å². The zero-order chi connectivity index (χ0) is 9.80. The Kier molecular flexibility index (Phi) is 2.94. The molecule has 0 unspecified atom stereocenters. The molecule has 14 heavy (non-hydrogen) atoms. The average molecular weight is 190 g/mol. The van der Waals surface area contributed by atoms with E-state index in [1.165, 1.54) is 5.56 Å². The molecular formula is C12H14O2. The van der Waals surface area contributed by atoms with Gasteiger partial charge in [-0.15, -0.1) is 0 Å². The lowest BCUT2D eigenvalue weighted by Gasteiger charge is -2.02. The van der Waals surface area contributed by atoms with Gasteiger partial charge < -0.3 is 9.53 Å². The highest BCUT2D eigenvalue weighted by atomic mass is 16.5. The fourth-order valence-electron chi connectivity index (χ4n) is 1.53. The fourth-order valence-corrected chi connectivity index (χ4v) is 1.53. The van der Waals surface area contributed by atoms with E-state index in [4.69, 9.17) is 4.74 Å². The number of rotatable bonds is 5. The summed E-state index contributed by atoms with van der Waals surface area (Å²) in [5.74, 6) is 0.752. The lowest BCUT2D eigenvalue weighted by molar-refractivity contribution is -0.109. The molecule has 0 heterocycles. The molecule has 74 valence electrons. The fraction of sp³-hybridized carbons (Fsp3) is 0.417. The van der Waals surface area contributed by atoms with E-state index in [1.54, 1.807) is 0 Å². The van der Waals surface area contributed by atoms with Crippen molar-refractivity contribution in [2.24, 2.45) is 11.8 Å². The first kappa shape index (κ1) is 9.41. The van der Waals surface area contributed by atoms with Crippen molar-refractivity contribution >= 4 is 6.29 Å². The second kappa shape index (κ2) is 4.38. The van der Waals surface area contributed by atoms with Crippen molar-refractivity contribution in [3.63, 3.8) is 0 Å². The van der Waals surface area contributed by atoms with Crippen molar-refractivity contribution < 1.29 is 9.53 Å². The van der Waals surface area contributed by atoms with Crippen LogP contribution in [-0.4, -0.2) is 12.9 Å². The van der Waals surface area contributed by atoms with Crippen molar-refractivity contribution in [3.05, 3.63) is 35.9 Å². The number of carbonyl (C=O) groups excluding carboxylic acids is 1. The van der Waals surface area contributed by atoms with E-state index in [-0.39, 0.29) is 5.92 Å². The van der Waals surface area contributed by atoms with Gasteiger partial charge in [-0.25, -0.2) is 0 Å². The van der Waals surface area contributed by atoms with Crippen LogP contribution in [0.4, 0.5) is 0 Å². The molecule has 2 atom stereocenters. The topological polar surface area (TPSA) is 26.3 Å².